The van der Waals surface area contributed by atoms with Gasteiger partial charge < -0.3 is 9.84 Å². The Labute approximate surface area is 87.9 Å². The van der Waals surface area contributed by atoms with E-state index in [4.69, 9.17) is 10.4 Å². The van der Waals surface area contributed by atoms with Gasteiger partial charge in [0.1, 0.15) is 11.5 Å². The molecule has 6 heteroatoms. The van der Waals surface area contributed by atoms with E-state index in [0.29, 0.717) is 18.5 Å². The molecule has 0 aromatic carbocycles. The summed E-state index contributed by atoms with van der Waals surface area (Å²) < 4.78 is 4.93. The highest BCUT2D eigenvalue weighted by Gasteiger charge is 2.21. The summed E-state index contributed by atoms with van der Waals surface area (Å²) >= 11 is 0. The number of hydrazine groups is 1. The zero-order chi connectivity index (χ0) is 10.7. The van der Waals surface area contributed by atoms with E-state index in [9.17, 15) is 0 Å². The fourth-order valence-corrected chi connectivity index (χ4v) is 1.21. The summed E-state index contributed by atoms with van der Waals surface area (Å²) in [6, 6.07) is 2.38. The lowest BCUT2D eigenvalue weighted by Crippen LogP contribution is -2.42. The summed E-state index contributed by atoms with van der Waals surface area (Å²) in [5.41, 5.74) is 3.33. The average Bonchev–Trinajstić information content (AvgIpc) is 2.95. The summed E-state index contributed by atoms with van der Waals surface area (Å²) in [5, 5.41) is 7.01. The van der Waals surface area contributed by atoms with Crippen molar-refractivity contribution in [2.45, 2.75) is 32.4 Å². The largest absolute Gasteiger partial charge is 0.361 e. The van der Waals surface area contributed by atoms with Gasteiger partial charge in [0.05, 0.1) is 6.54 Å². The van der Waals surface area contributed by atoms with Crippen molar-refractivity contribution in [1.29, 1.82) is 0 Å². The van der Waals surface area contributed by atoms with E-state index in [0.717, 1.165) is 11.5 Å². The van der Waals surface area contributed by atoms with Crippen LogP contribution in [0, 0.1) is 6.92 Å². The topological polar surface area (TPSA) is 88.5 Å². The quantitative estimate of drug-likeness (QED) is 0.283. The van der Waals surface area contributed by atoms with E-state index in [1.807, 2.05) is 13.0 Å². The van der Waals surface area contributed by atoms with Crippen LogP contribution in [0.1, 0.15) is 24.3 Å². The third-order valence-electron chi connectivity index (χ3n) is 2.13. The fraction of sp³-hybridized carbons (Fsp3) is 0.556. The molecule has 2 rings (SSSR count). The molecule has 0 radical (unpaired) electrons. The minimum Gasteiger partial charge on any atom is -0.361 e. The number of aryl methyl sites for hydroxylation is 1. The van der Waals surface area contributed by atoms with Crippen molar-refractivity contribution in [3.8, 4) is 0 Å². The molecule has 1 saturated carbocycles. The molecule has 1 aromatic heterocycles. The minimum atomic E-state index is 0.469. The number of hydrogen-bond acceptors (Lipinski definition) is 4. The van der Waals surface area contributed by atoms with E-state index < -0.39 is 0 Å². The van der Waals surface area contributed by atoms with Crippen LogP contribution in [0.5, 0.6) is 0 Å². The SMILES string of the molecule is Cc1cc(CN=C(NN)NC2CC2)no1. The van der Waals surface area contributed by atoms with Gasteiger partial charge in [-0.15, -0.1) is 0 Å². The van der Waals surface area contributed by atoms with Gasteiger partial charge in [-0.05, 0) is 19.8 Å². The third kappa shape index (κ3) is 2.95. The lowest BCUT2D eigenvalue weighted by molar-refractivity contribution is 0.391. The van der Waals surface area contributed by atoms with Crippen LogP contribution < -0.4 is 16.6 Å². The number of aromatic nitrogens is 1. The average molecular weight is 209 g/mol. The molecule has 1 aromatic rings. The highest BCUT2D eigenvalue weighted by molar-refractivity contribution is 5.79. The number of nitrogens with two attached hydrogens (primary N) is 1. The van der Waals surface area contributed by atoms with Crippen molar-refractivity contribution in [1.82, 2.24) is 15.9 Å². The molecule has 15 heavy (non-hydrogen) atoms. The zero-order valence-corrected chi connectivity index (χ0v) is 8.66. The number of aliphatic imine (C=N–C) groups is 1. The van der Waals surface area contributed by atoms with Crippen molar-refractivity contribution < 1.29 is 4.52 Å². The minimum absolute atomic E-state index is 0.469. The van der Waals surface area contributed by atoms with Crippen LogP contribution in [0.4, 0.5) is 0 Å². The molecular formula is C9H15N5O. The molecule has 4 N–H and O–H groups in total. The highest BCUT2D eigenvalue weighted by atomic mass is 16.5. The number of nitrogens with one attached hydrogen (secondary N) is 2. The molecule has 0 amide bonds. The van der Waals surface area contributed by atoms with Gasteiger partial charge >= 0.3 is 0 Å². The first-order valence-corrected chi connectivity index (χ1v) is 4.97. The molecule has 1 aliphatic carbocycles. The molecule has 6 nitrogen and oxygen atoms in total. The maximum atomic E-state index is 5.33. The molecular weight excluding hydrogens is 194 g/mol. The molecule has 0 bridgehead atoms. The van der Waals surface area contributed by atoms with Crippen LogP contribution in [0.3, 0.4) is 0 Å². The summed E-state index contributed by atoms with van der Waals surface area (Å²) in [4.78, 5) is 4.25. The number of guanidine groups is 1. The van der Waals surface area contributed by atoms with Gasteiger partial charge in [0.15, 0.2) is 0 Å². The first kappa shape index (κ1) is 9.97. The van der Waals surface area contributed by atoms with Gasteiger partial charge in [-0.1, -0.05) is 5.16 Å². The number of hydrogen-bond donors (Lipinski definition) is 3. The summed E-state index contributed by atoms with van der Waals surface area (Å²) in [6.45, 7) is 2.32. The maximum absolute atomic E-state index is 5.33. The van der Waals surface area contributed by atoms with Crippen LogP contribution >= 0.6 is 0 Å². The Morgan fingerprint density at radius 1 is 1.73 bits per heavy atom. The van der Waals surface area contributed by atoms with Gasteiger partial charge in [-0.25, -0.2) is 10.8 Å². The van der Waals surface area contributed by atoms with Gasteiger partial charge in [0.25, 0.3) is 0 Å². The third-order valence-corrected chi connectivity index (χ3v) is 2.13. The lowest BCUT2D eigenvalue weighted by Gasteiger charge is -2.06. The van der Waals surface area contributed by atoms with Gasteiger partial charge in [-0.2, -0.15) is 0 Å². The highest BCUT2D eigenvalue weighted by Crippen LogP contribution is 2.18. The summed E-state index contributed by atoms with van der Waals surface area (Å²) in [5.74, 6) is 6.73. The van der Waals surface area contributed by atoms with Crippen LogP contribution in [0.25, 0.3) is 0 Å². The van der Waals surface area contributed by atoms with E-state index in [1.54, 1.807) is 0 Å². The fourth-order valence-electron chi connectivity index (χ4n) is 1.21. The Bertz CT molecular complexity index is 355. The van der Waals surface area contributed by atoms with E-state index in [2.05, 4.69) is 20.9 Å². The van der Waals surface area contributed by atoms with Crippen molar-refractivity contribution >= 4 is 5.96 Å². The summed E-state index contributed by atoms with van der Waals surface area (Å²) in [6.07, 6.45) is 2.37. The molecule has 0 aliphatic heterocycles. The van der Waals surface area contributed by atoms with E-state index in [-0.39, 0.29) is 0 Å². The van der Waals surface area contributed by atoms with Crippen LogP contribution in [0.15, 0.2) is 15.6 Å². The van der Waals surface area contributed by atoms with Gasteiger partial charge in [-0.3, -0.25) is 5.43 Å². The molecule has 1 fully saturated rings. The Morgan fingerprint density at radius 3 is 3.07 bits per heavy atom. The Hall–Kier alpha value is -1.56. The molecule has 1 heterocycles. The Balaban J connectivity index is 1.89. The van der Waals surface area contributed by atoms with Gasteiger partial charge in [0.2, 0.25) is 5.96 Å². The number of rotatable bonds is 3. The monoisotopic (exact) mass is 209 g/mol. The van der Waals surface area contributed by atoms with Gasteiger partial charge in [0, 0.05) is 12.1 Å². The lowest BCUT2D eigenvalue weighted by atomic mass is 10.4. The second-order valence-electron chi connectivity index (χ2n) is 3.66. The molecule has 0 unspecified atom stereocenters. The van der Waals surface area contributed by atoms with Crippen LogP contribution in [-0.2, 0) is 6.54 Å². The van der Waals surface area contributed by atoms with Crippen molar-refractivity contribution in [2.75, 3.05) is 0 Å². The van der Waals surface area contributed by atoms with Crippen molar-refractivity contribution in [3.63, 3.8) is 0 Å². The first-order chi connectivity index (χ1) is 7.28. The zero-order valence-electron chi connectivity index (χ0n) is 8.66. The predicted octanol–water partition coefficient (Wildman–Crippen LogP) is 0.0543. The smallest absolute Gasteiger partial charge is 0.206 e. The van der Waals surface area contributed by atoms with Crippen molar-refractivity contribution in [3.05, 3.63) is 17.5 Å². The predicted molar refractivity (Wildman–Crippen MR) is 55.9 cm³/mol. The van der Waals surface area contributed by atoms with E-state index in [1.165, 1.54) is 12.8 Å². The second-order valence-corrected chi connectivity index (χ2v) is 3.66. The second kappa shape index (κ2) is 4.31. The molecule has 0 spiro atoms. The normalized spacial score (nSPS) is 16.5. The Morgan fingerprint density at radius 2 is 2.53 bits per heavy atom. The number of nitrogens with zero attached hydrogens (tertiary/aromatic N) is 2. The standard InChI is InChI=1S/C9H15N5O/c1-6-4-8(14-15-6)5-11-9(13-10)12-7-2-3-7/h4,7H,2-3,5,10H2,1H3,(H2,11,12,13). The summed E-state index contributed by atoms with van der Waals surface area (Å²) in [7, 11) is 0. The molecule has 1 aliphatic rings. The van der Waals surface area contributed by atoms with Crippen molar-refractivity contribution in [2.24, 2.45) is 10.8 Å². The van der Waals surface area contributed by atoms with E-state index >= 15 is 0 Å². The maximum Gasteiger partial charge on any atom is 0.206 e. The van der Waals surface area contributed by atoms with Crippen LogP contribution in [-0.4, -0.2) is 17.2 Å². The molecule has 0 saturated heterocycles. The first-order valence-electron chi connectivity index (χ1n) is 4.97. The molecule has 82 valence electrons. The molecule has 0 atom stereocenters. The Kier molecular flexibility index (Phi) is 2.86. The van der Waals surface area contributed by atoms with Crippen LogP contribution in [0.2, 0.25) is 0 Å².